The monoisotopic (exact) mass is 194 g/mol. The zero-order chi connectivity index (χ0) is 10.7. The van der Waals surface area contributed by atoms with Crippen molar-refractivity contribution in [3.8, 4) is 5.75 Å². The minimum atomic E-state index is -0.303. The van der Waals surface area contributed by atoms with Crippen LogP contribution in [0.4, 0.5) is 0 Å². The zero-order valence-electron chi connectivity index (χ0n) is 8.88. The lowest BCUT2D eigenvalue weighted by molar-refractivity contribution is 0.0599. The molecule has 14 heavy (non-hydrogen) atoms. The summed E-state index contributed by atoms with van der Waals surface area (Å²) in [6.45, 7) is 3.73. The fourth-order valence-corrected chi connectivity index (χ4v) is 1.47. The predicted molar refractivity (Wildman–Crippen MR) is 53.8 cm³/mol. The van der Waals surface area contributed by atoms with Crippen LogP contribution < -0.4 is 4.74 Å². The second kappa shape index (κ2) is 4.13. The number of carbonyl (C=O) groups is 1. The summed E-state index contributed by atoms with van der Waals surface area (Å²) >= 11 is 0. The van der Waals surface area contributed by atoms with E-state index >= 15 is 0 Å². The summed E-state index contributed by atoms with van der Waals surface area (Å²) < 4.78 is 9.78. The Bertz CT molecular complexity index is 333. The van der Waals surface area contributed by atoms with Gasteiger partial charge in [0.2, 0.25) is 0 Å². The predicted octanol–water partition coefficient (Wildman–Crippen LogP) is 2.10. The Morgan fingerprint density at radius 2 is 1.64 bits per heavy atom. The molecule has 0 unspecified atom stereocenters. The molecule has 3 heteroatoms. The van der Waals surface area contributed by atoms with Crippen LogP contribution in [0.25, 0.3) is 0 Å². The summed E-state index contributed by atoms with van der Waals surface area (Å²) in [7, 11) is 2.98. The van der Waals surface area contributed by atoms with Crippen molar-refractivity contribution in [2.75, 3.05) is 14.2 Å². The van der Waals surface area contributed by atoms with E-state index in [1.54, 1.807) is 7.11 Å². The van der Waals surface area contributed by atoms with Crippen molar-refractivity contribution in [3.05, 3.63) is 28.8 Å². The molecule has 0 N–H and O–H groups in total. The van der Waals surface area contributed by atoms with Crippen molar-refractivity contribution < 1.29 is 14.3 Å². The molecular weight excluding hydrogens is 180 g/mol. The van der Waals surface area contributed by atoms with Crippen LogP contribution in [0, 0.1) is 13.8 Å². The maximum atomic E-state index is 11.4. The van der Waals surface area contributed by atoms with E-state index < -0.39 is 0 Å². The first-order valence-electron chi connectivity index (χ1n) is 4.33. The summed E-state index contributed by atoms with van der Waals surface area (Å²) in [5.41, 5.74) is 2.36. The SMILES string of the molecule is COC(=O)c1c(C)cc(OC)cc1C. The fourth-order valence-electron chi connectivity index (χ4n) is 1.47. The molecule has 0 bridgehead atoms. The number of aryl methyl sites for hydroxylation is 2. The van der Waals surface area contributed by atoms with E-state index in [4.69, 9.17) is 9.47 Å². The second-order valence-electron chi connectivity index (χ2n) is 3.13. The third-order valence-corrected chi connectivity index (χ3v) is 2.13. The van der Waals surface area contributed by atoms with Crippen molar-refractivity contribution in [3.63, 3.8) is 0 Å². The molecule has 1 aromatic rings. The zero-order valence-corrected chi connectivity index (χ0v) is 8.88. The van der Waals surface area contributed by atoms with Gasteiger partial charge in [0.05, 0.1) is 19.8 Å². The van der Waals surface area contributed by atoms with Crippen LogP contribution in [-0.2, 0) is 4.74 Å². The van der Waals surface area contributed by atoms with Crippen LogP contribution in [0.3, 0.4) is 0 Å². The van der Waals surface area contributed by atoms with E-state index in [0.29, 0.717) is 5.56 Å². The number of benzene rings is 1. The molecule has 1 aromatic carbocycles. The molecule has 0 spiro atoms. The number of carbonyl (C=O) groups excluding carboxylic acids is 1. The van der Waals surface area contributed by atoms with Gasteiger partial charge in [-0.3, -0.25) is 0 Å². The molecule has 76 valence electrons. The molecule has 0 fully saturated rings. The average Bonchev–Trinajstić information content (AvgIpc) is 2.16. The van der Waals surface area contributed by atoms with Crippen molar-refractivity contribution in [2.24, 2.45) is 0 Å². The molecule has 0 saturated carbocycles. The number of hydrogen-bond acceptors (Lipinski definition) is 3. The first kappa shape index (κ1) is 10.6. The number of hydrogen-bond donors (Lipinski definition) is 0. The molecule has 0 aromatic heterocycles. The van der Waals surface area contributed by atoms with Crippen molar-refractivity contribution in [1.82, 2.24) is 0 Å². The first-order valence-corrected chi connectivity index (χ1v) is 4.33. The minimum absolute atomic E-state index is 0.303. The standard InChI is InChI=1S/C11H14O3/c1-7-5-9(13-3)6-8(2)10(7)11(12)14-4/h5-6H,1-4H3. The van der Waals surface area contributed by atoms with E-state index in [9.17, 15) is 4.79 Å². The quantitative estimate of drug-likeness (QED) is 0.676. The summed E-state index contributed by atoms with van der Waals surface area (Å²) in [4.78, 5) is 11.4. The van der Waals surface area contributed by atoms with Crippen molar-refractivity contribution in [2.45, 2.75) is 13.8 Å². The molecule has 1 rings (SSSR count). The smallest absolute Gasteiger partial charge is 0.338 e. The summed E-state index contributed by atoms with van der Waals surface area (Å²) in [5, 5.41) is 0. The van der Waals surface area contributed by atoms with Gasteiger partial charge in [-0.25, -0.2) is 4.79 Å². The van der Waals surface area contributed by atoms with Gasteiger partial charge in [0.15, 0.2) is 0 Å². The van der Waals surface area contributed by atoms with Gasteiger partial charge < -0.3 is 9.47 Å². The van der Waals surface area contributed by atoms with Crippen LogP contribution in [0.2, 0.25) is 0 Å². The minimum Gasteiger partial charge on any atom is -0.497 e. The Morgan fingerprint density at radius 1 is 1.14 bits per heavy atom. The normalized spacial score (nSPS) is 9.71. The second-order valence-corrected chi connectivity index (χ2v) is 3.13. The Labute approximate surface area is 83.6 Å². The van der Waals surface area contributed by atoms with Gasteiger partial charge in [-0.15, -0.1) is 0 Å². The molecule has 0 heterocycles. The van der Waals surface area contributed by atoms with Crippen LogP contribution in [0.15, 0.2) is 12.1 Å². The Balaban J connectivity index is 3.25. The highest BCUT2D eigenvalue weighted by atomic mass is 16.5. The van der Waals surface area contributed by atoms with Crippen LogP contribution in [0.5, 0.6) is 5.75 Å². The number of rotatable bonds is 2. The highest BCUT2D eigenvalue weighted by molar-refractivity contribution is 5.92. The highest BCUT2D eigenvalue weighted by Gasteiger charge is 2.13. The highest BCUT2D eigenvalue weighted by Crippen LogP contribution is 2.21. The van der Waals surface area contributed by atoms with Gasteiger partial charge in [-0.2, -0.15) is 0 Å². The number of ether oxygens (including phenoxy) is 2. The van der Waals surface area contributed by atoms with Gasteiger partial charge in [-0.05, 0) is 37.1 Å². The lowest BCUT2D eigenvalue weighted by atomic mass is 10.0. The van der Waals surface area contributed by atoms with E-state index in [0.717, 1.165) is 16.9 Å². The lowest BCUT2D eigenvalue weighted by Crippen LogP contribution is -2.06. The molecule has 0 amide bonds. The maximum absolute atomic E-state index is 11.4. The van der Waals surface area contributed by atoms with Crippen LogP contribution in [-0.4, -0.2) is 20.2 Å². The van der Waals surface area contributed by atoms with Gasteiger partial charge in [-0.1, -0.05) is 0 Å². The first-order chi connectivity index (χ1) is 6.60. The third kappa shape index (κ3) is 1.87. The summed E-state index contributed by atoms with van der Waals surface area (Å²) in [6.07, 6.45) is 0. The van der Waals surface area contributed by atoms with Crippen molar-refractivity contribution >= 4 is 5.97 Å². The fraction of sp³-hybridized carbons (Fsp3) is 0.364. The van der Waals surface area contributed by atoms with E-state index in [-0.39, 0.29) is 5.97 Å². The summed E-state index contributed by atoms with van der Waals surface area (Å²) in [5.74, 6) is 0.454. The molecule has 3 nitrogen and oxygen atoms in total. The lowest BCUT2D eigenvalue weighted by Gasteiger charge is -2.09. The third-order valence-electron chi connectivity index (χ3n) is 2.13. The van der Waals surface area contributed by atoms with Gasteiger partial charge in [0.1, 0.15) is 5.75 Å². The van der Waals surface area contributed by atoms with E-state index in [1.807, 2.05) is 26.0 Å². The van der Waals surface area contributed by atoms with Crippen molar-refractivity contribution in [1.29, 1.82) is 0 Å². The molecule has 0 aliphatic rings. The summed E-state index contributed by atoms with van der Waals surface area (Å²) in [6, 6.07) is 3.64. The molecule has 0 saturated heterocycles. The van der Waals surface area contributed by atoms with E-state index in [1.165, 1.54) is 7.11 Å². The Kier molecular flexibility index (Phi) is 3.12. The topological polar surface area (TPSA) is 35.5 Å². The Hall–Kier alpha value is -1.51. The molecule has 0 aliphatic carbocycles. The van der Waals surface area contributed by atoms with Crippen LogP contribution in [0.1, 0.15) is 21.5 Å². The van der Waals surface area contributed by atoms with Gasteiger partial charge in [0.25, 0.3) is 0 Å². The largest absolute Gasteiger partial charge is 0.497 e. The Morgan fingerprint density at radius 3 is 2.00 bits per heavy atom. The van der Waals surface area contributed by atoms with Crippen LogP contribution >= 0.6 is 0 Å². The molecule has 0 radical (unpaired) electrons. The average molecular weight is 194 g/mol. The van der Waals surface area contributed by atoms with Gasteiger partial charge >= 0.3 is 5.97 Å². The molecular formula is C11H14O3. The van der Waals surface area contributed by atoms with Gasteiger partial charge in [0, 0.05) is 0 Å². The number of esters is 1. The van der Waals surface area contributed by atoms with E-state index in [2.05, 4.69) is 0 Å². The number of methoxy groups -OCH3 is 2. The molecule has 0 atom stereocenters. The maximum Gasteiger partial charge on any atom is 0.338 e. The molecule has 0 aliphatic heterocycles.